The van der Waals surface area contributed by atoms with Gasteiger partial charge in [0.1, 0.15) is 10.6 Å². The van der Waals surface area contributed by atoms with Crippen LogP contribution in [0.15, 0.2) is 39.8 Å². The van der Waals surface area contributed by atoms with E-state index in [9.17, 15) is 8.42 Å². The maximum absolute atomic E-state index is 12.4. The van der Waals surface area contributed by atoms with Gasteiger partial charge in [-0.15, -0.1) is 0 Å². The first-order valence-corrected chi connectivity index (χ1v) is 8.36. The van der Waals surface area contributed by atoms with Gasteiger partial charge < -0.3 is 15.0 Å². The van der Waals surface area contributed by atoms with Gasteiger partial charge in [0, 0.05) is 30.0 Å². The monoisotopic (exact) mass is 373 g/mol. The van der Waals surface area contributed by atoms with Crippen LogP contribution in [-0.4, -0.2) is 20.1 Å². The minimum absolute atomic E-state index is 0.160. The molecular formula is C13H16BrN3O3S. The zero-order chi connectivity index (χ0) is 15.6. The Bertz CT molecular complexity index is 756. The summed E-state index contributed by atoms with van der Waals surface area (Å²) >= 11 is 3.31. The average molecular weight is 374 g/mol. The first-order valence-electron chi connectivity index (χ1n) is 6.09. The third-order valence-corrected chi connectivity index (χ3v) is 4.83. The highest BCUT2D eigenvalue weighted by molar-refractivity contribution is 9.10. The molecule has 1 aromatic carbocycles. The molecule has 0 aliphatic rings. The Morgan fingerprint density at radius 1 is 1.38 bits per heavy atom. The molecule has 114 valence electrons. The van der Waals surface area contributed by atoms with Gasteiger partial charge in [0.15, 0.2) is 0 Å². The zero-order valence-corrected chi connectivity index (χ0v) is 14.0. The lowest BCUT2D eigenvalue weighted by Gasteiger charge is -2.11. The van der Waals surface area contributed by atoms with Gasteiger partial charge in [-0.05, 0) is 24.3 Å². The molecule has 0 unspecified atom stereocenters. The summed E-state index contributed by atoms with van der Waals surface area (Å²) in [5.41, 5.74) is 6.66. The quantitative estimate of drug-likeness (QED) is 0.839. The highest BCUT2D eigenvalue weighted by Gasteiger charge is 2.19. The van der Waals surface area contributed by atoms with Crippen molar-refractivity contribution in [1.29, 1.82) is 0 Å². The summed E-state index contributed by atoms with van der Waals surface area (Å²) in [6.45, 7) is 0.270. The number of rotatable bonds is 5. The Morgan fingerprint density at radius 3 is 2.67 bits per heavy atom. The van der Waals surface area contributed by atoms with Crippen LogP contribution in [0.3, 0.4) is 0 Å². The van der Waals surface area contributed by atoms with E-state index in [1.807, 2.05) is 0 Å². The fourth-order valence-electron chi connectivity index (χ4n) is 1.89. The van der Waals surface area contributed by atoms with Crippen LogP contribution in [0.2, 0.25) is 0 Å². The van der Waals surface area contributed by atoms with Crippen LogP contribution in [0, 0.1) is 0 Å². The van der Waals surface area contributed by atoms with Crippen molar-refractivity contribution in [3.8, 4) is 5.75 Å². The van der Waals surface area contributed by atoms with Gasteiger partial charge in [0.05, 0.1) is 12.8 Å². The number of halogens is 1. The predicted octanol–water partition coefficient (Wildman–Crippen LogP) is 2.06. The third-order valence-electron chi connectivity index (χ3n) is 3.01. The lowest BCUT2D eigenvalue weighted by Crippen LogP contribution is -2.13. The summed E-state index contributed by atoms with van der Waals surface area (Å²) in [6, 6.07) is 6.64. The molecule has 2 aromatic rings. The molecule has 0 radical (unpaired) electrons. The number of methoxy groups -OCH3 is 1. The summed E-state index contributed by atoms with van der Waals surface area (Å²) in [7, 11) is -0.469. The molecule has 0 bridgehead atoms. The lowest BCUT2D eigenvalue weighted by atomic mass is 10.3. The fraction of sp³-hybridized carbons (Fsp3) is 0.231. The number of nitrogens with zero attached hydrogens (tertiary/aromatic N) is 1. The van der Waals surface area contributed by atoms with Crippen LogP contribution in [0.25, 0.3) is 0 Å². The molecule has 2 rings (SSSR count). The number of hydrogen-bond donors (Lipinski definition) is 2. The van der Waals surface area contributed by atoms with Crippen LogP contribution < -0.4 is 15.2 Å². The highest BCUT2D eigenvalue weighted by Crippen LogP contribution is 2.30. The van der Waals surface area contributed by atoms with Gasteiger partial charge >= 0.3 is 0 Å². The van der Waals surface area contributed by atoms with Gasteiger partial charge in [-0.2, -0.15) is 0 Å². The number of ether oxygens (including phenoxy) is 1. The fourth-order valence-corrected chi connectivity index (χ4v) is 3.41. The summed E-state index contributed by atoms with van der Waals surface area (Å²) in [5.74, 6) is 0.441. The Hall–Kier alpha value is -1.51. The van der Waals surface area contributed by atoms with Crippen molar-refractivity contribution >= 4 is 31.6 Å². The standard InChI is InChI=1S/C13H16BrN3O3S/c1-17-8-11(6-10(17)7-15)21(18,19)16-12-5-9(14)3-4-13(12)20-2/h3-6,8,16H,7,15H2,1-2H3. The molecule has 0 atom stereocenters. The van der Waals surface area contributed by atoms with Gasteiger partial charge in [-0.25, -0.2) is 8.42 Å². The van der Waals surface area contributed by atoms with Crippen LogP contribution >= 0.6 is 15.9 Å². The lowest BCUT2D eigenvalue weighted by molar-refractivity contribution is 0.417. The second kappa shape index (κ2) is 6.08. The van der Waals surface area contributed by atoms with E-state index in [4.69, 9.17) is 10.5 Å². The second-order valence-electron chi connectivity index (χ2n) is 4.43. The first-order chi connectivity index (χ1) is 9.87. The molecule has 6 nitrogen and oxygen atoms in total. The van der Waals surface area contributed by atoms with E-state index in [0.717, 1.165) is 10.2 Å². The molecule has 8 heteroatoms. The molecule has 0 aliphatic carbocycles. The van der Waals surface area contributed by atoms with E-state index >= 15 is 0 Å². The summed E-state index contributed by atoms with van der Waals surface area (Å²) in [6.07, 6.45) is 1.52. The second-order valence-corrected chi connectivity index (χ2v) is 7.03. The largest absolute Gasteiger partial charge is 0.495 e. The number of aromatic nitrogens is 1. The highest BCUT2D eigenvalue weighted by atomic mass is 79.9. The van der Waals surface area contributed by atoms with E-state index in [-0.39, 0.29) is 11.4 Å². The number of nitrogens with two attached hydrogens (primary N) is 1. The molecule has 3 N–H and O–H groups in total. The topological polar surface area (TPSA) is 86.3 Å². The normalized spacial score (nSPS) is 11.4. The van der Waals surface area contributed by atoms with Gasteiger partial charge in [0.2, 0.25) is 0 Å². The predicted molar refractivity (Wildman–Crippen MR) is 84.8 cm³/mol. The molecule has 0 amide bonds. The number of nitrogens with one attached hydrogen (secondary N) is 1. The SMILES string of the molecule is COc1ccc(Br)cc1NS(=O)(=O)c1cc(CN)n(C)c1. The van der Waals surface area contributed by atoms with Crippen LogP contribution in [0.4, 0.5) is 5.69 Å². The van der Waals surface area contributed by atoms with Crippen molar-refractivity contribution in [2.45, 2.75) is 11.4 Å². The van der Waals surface area contributed by atoms with Gasteiger partial charge in [-0.3, -0.25) is 4.72 Å². The minimum Gasteiger partial charge on any atom is -0.495 e. The number of benzene rings is 1. The maximum atomic E-state index is 12.4. The number of anilines is 1. The van der Waals surface area contributed by atoms with E-state index in [2.05, 4.69) is 20.7 Å². The Morgan fingerprint density at radius 2 is 2.10 bits per heavy atom. The van der Waals surface area contributed by atoms with Crippen molar-refractivity contribution in [3.05, 3.63) is 40.6 Å². The Balaban J connectivity index is 2.39. The minimum atomic E-state index is -3.70. The number of aryl methyl sites for hydroxylation is 1. The maximum Gasteiger partial charge on any atom is 0.263 e. The molecule has 1 heterocycles. The molecule has 21 heavy (non-hydrogen) atoms. The molecule has 1 aromatic heterocycles. The van der Waals surface area contributed by atoms with E-state index in [0.29, 0.717) is 11.4 Å². The average Bonchev–Trinajstić information content (AvgIpc) is 2.81. The van der Waals surface area contributed by atoms with Crippen molar-refractivity contribution < 1.29 is 13.2 Å². The third kappa shape index (κ3) is 3.39. The van der Waals surface area contributed by atoms with Crippen molar-refractivity contribution in [3.63, 3.8) is 0 Å². The molecule has 0 saturated carbocycles. The number of hydrogen-bond acceptors (Lipinski definition) is 4. The summed E-state index contributed by atoms with van der Waals surface area (Å²) in [5, 5.41) is 0. The molecular weight excluding hydrogens is 358 g/mol. The summed E-state index contributed by atoms with van der Waals surface area (Å²) < 4.78 is 35.0. The first kappa shape index (κ1) is 15.9. The smallest absolute Gasteiger partial charge is 0.263 e. The van der Waals surface area contributed by atoms with Crippen LogP contribution in [0.1, 0.15) is 5.69 Å². The molecule has 0 spiro atoms. The van der Waals surface area contributed by atoms with E-state index in [1.54, 1.807) is 35.9 Å². The number of sulfonamides is 1. The van der Waals surface area contributed by atoms with Gasteiger partial charge in [0.25, 0.3) is 10.0 Å². The summed E-state index contributed by atoms with van der Waals surface area (Å²) in [4.78, 5) is 0.160. The van der Waals surface area contributed by atoms with Crippen molar-refractivity contribution in [1.82, 2.24) is 4.57 Å². The molecule has 0 aliphatic heterocycles. The van der Waals surface area contributed by atoms with Crippen LogP contribution in [-0.2, 0) is 23.6 Å². The van der Waals surface area contributed by atoms with Crippen molar-refractivity contribution in [2.24, 2.45) is 12.8 Å². The van der Waals surface area contributed by atoms with Gasteiger partial charge in [-0.1, -0.05) is 15.9 Å². The van der Waals surface area contributed by atoms with Crippen LogP contribution in [0.5, 0.6) is 5.75 Å². The van der Waals surface area contributed by atoms with Crippen molar-refractivity contribution in [2.75, 3.05) is 11.8 Å². The van der Waals surface area contributed by atoms with E-state index in [1.165, 1.54) is 13.3 Å². The van der Waals surface area contributed by atoms with E-state index < -0.39 is 10.0 Å². The molecule has 0 fully saturated rings. The zero-order valence-electron chi connectivity index (χ0n) is 11.6. The Kier molecular flexibility index (Phi) is 4.60. The Labute approximate surface area is 132 Å². The molecule has 0 saturated heterocycles.